The molecule has 1 aromatic rings. The molecular formula is C13H13ClFN3O2. The molecule has 0 aliphatic heterocycles. The number of hydrogen-bond donors (Lipinski definition) is 1. The van der Waals surface area contributed by atoms with Crippen molar-refractivity contribution in [1.82, 2.24) is 10.4 Å². The Morgan fingerprint density at radius 3 is 2.85 bits per heavy atom. The quantitative estimate of drug-likeness (QED) is 0.513. The third-order valence-electron chi connectivity index (χ3n) is 2.20. The molecule has 0 fully saturated rings. The van der Waals surface area contributed by atoms with E-state index in [1.165, 1.54) is 24.4 Å². The standard InChI is InChI=1S/C13H13ClFN3O2/c1-18(2)7-9(6-16)13(19)17-20-8-10-11(14)4-3-5-12(10)15/h3-5,7H,8H2,1-2H3,(H,17,19)/b9-7+. The molecular weight excluding hydrogens is 285 g/mol. The van der Waals surface area contributed by atoms with E-state index in [1.807, 2.05) is 0 Å². The second-order valence-corrected chi connectivity index (χ2v) is 4.45. The van der Waals surface area contributed by atoms with Crippen LogP contribution in [0, 0.1) is 17.1 Å². The van der Waals surface area contributed by atoms with Crippen LogP contribution in [0.25, 0.3) is 0 Å². The number of carbonyl (C=O) groups excluding carboxylic acids is 1. The van der Waals surface area contributed by atoms with Gasteiger partial charge in [0.1, 0.15) is 24.1 Å². The molecule has 1 rings (SSSR count). The fourth-order valence-electron chi connectivity index (χ4n) is 1.30. The second-order valence-electron chi connectivity index (χ2n) is 4.04. The van der Waals surface area contributed by atoms with E-state index in [9.17, 15) is 9.18 Å². The summed E-state index contributed by atoms with van der Waals surface area (Å²) in [7, 11) is 3.34. The van der Waals surface area contributed by atoms with E-state index in [2.05, 4.69) is 5.48 Å². The van der Waals surface area contributed by atoms with E-state index in [-0.39, 0.29) is 22.8 Å². The third-order valence-corrected chi connectivity index (χ3v) is 2.55. The second kappa shape index (κ2) is 7.48. The maximum atomic E-state index is 13.4. The number of halogens is 2. The molecule has 0 spiro atoms. The maximum Gasteiger partial charge on any atom is 0.286 e. The summed E-state index contributed by atoms with van der Waals surface area (Å²) < 4.78 is 13.4. The van der Waals surface area contributed by atoms with Crippen LogP contribution in [0.5, 0.6) is 0 Å². The lowest BCUT2D eigenvalue weighted by molar-refractivity contribution is -0.130. The number of hydrogen-bond acceptors (Lipinski definition) is 4. The van der Waals surface area contributed by atoms with Gasteiger partial charge in [-0.3, -0.25) is 9.63 Å². The van der Waals surface area contributed by atoms with Gasteiger partial charge in [-0.2, -0.15) is 5.26 Å². The number of amides is 1. The molecule has 5 nitrogen and oxygen atoms in total. The van der Waals surface area contributed by atoms with Crippen LogP contribution in [0.2, 0.25) is 5.02 Å². The number of rotatable bonds is 5. The van der Waals surface area contributed by atoms with Crippen LogP contribution in [0.3, 0.4) is 0 Å². The minimum absolute atomic E-state index is 0.129. The Morgan fingerprint density at radius 2 is 2.30 bits per heavy atom. The molecule has 106 valence electrons. The molecule has 1 N–H and O–H groups in total. The first-order chi connectivity index (χ1) is 9.45. The van der Waals surface area contributed by atoms with Crippen molar-refractivity contribution in [1.29, 1.82) is 5.26 Å². The average molecular weight is 298 g/mol. The highest BCUT2D eigenvalue weighted by atomic mass is 35.5. The lowest BCUT2D eigenvalue weighted by atomic mass is 10.2. The van der Waals surface area contributed by atoms with E-state index >= 15 is 0 Å². The minimum atomic E-state index is -0.714. The van der Waals surface area contributed by atoms with Crippen LogP contribution in [0.15, 0.2) is 30.0 Å². The summed E-state index contributed by atoms with van der Waals surface area (Å²) in [5.74, 6) is -1.25. The smallest absolute Gasteiger partial charge is 0.286 e. The fraction of sp³-hybridized carbons (Fsp3) is 0.231. The Labute approximate surface area is 121 Å². The first-order valence-corrected chi connectivity index (χ1v) is 5.97. The molecule has 20 heavy (non-hydrogen) atoms. The van der Waals surface area contributed by atoms with Crippen molar-refractivity contribution in [2.45, 2.75) is 6.61 Å². The summed E-state index contributed by atoms with van der Waals surface area (Å²) >= 11 is 5.80. The molecule has 0 saturated heterocycles. The predicted octanol–water partition coefficient (Wildman–Crippen LogP) is 2.00. The zero-order chi connectivity index (χ0) is 15.1. The van der Waals surface area contributed by atoms with Gasteiger partial charge in [0.2, 0.25) is 0 Å². The van der Waals surface area contributed by atoms with Crippen LogP contribution >= 0.6 is 11.6 Å². The minimum Gasteiger partial charge on any atom is -0.382 e. The Morgan fingerprint density at radius 1 is 1.60 bits per heavy atom. The summed E-state index contributed by atoms with van der Waals surface area (Å²) in [5.41, 5.74) is 2.06. The van der Waals surface area contributed by atoms with Gasteiger partial charge in [-0.25, -0.2) is 9.87 Å². The van der Waals surface area contributed by atoms with Gasteiger partial charge in [-0.05, 0) is 12.1 Å². The molecule has 0 aliphatic carbocycles. The largest absolute Gasteiger partial charge is 0.382 e. The van der Waals surface area contributed by atoms with Gasteiger partial charge >= 0.3 is 0 Å². The predicted molar refractivity (Wildman–Crippen MR) is 71.7 cm³/mol. The van der Waals surface area contributed by atoms with Crippen molar-refractivity contribution in [2.75, 3.05) is 14.1 Å². The SMILES string of the molecule is CN(C)/C=C(\C#N)C(=O)NOCc1c(F)cccc1Cl. The summed E-state index contributed by atoms with van der Waals surface area (Å²) in [6.45, 7) is -0.238. The Bertz CT molecular complexity index is 547. The van der Waals surface area contributed by atoms with Crippen LogP contribution in [0.4, 0.5) is 4.39 Å². The van der Waals surface area contributed by atoms with Crippen molar-refractivity contribution in [3.8, 4) is 6.07 Å². The highest BCUT2D eigenvalue weighted by molar-refractivity contribution is 6.31. The Hall–Kier alpha value is -2.10. The molecule has 0 unspecified atom stereocenters. The van der Waals surface area contributed by atoms with Crippen LogP contribution in [-0.4, -0.2) is 24.9 Å². The lowest BCUT2D eigenvalue weighted by Gasteiger charge is -2.09. The van der Waals surface area contributed by atoms with Crippen molar-refractivity contribution < 1.29 is 14.0 Å². The highest BCUT2D eigenvalue weighted by Crippen LogP contribution is 2.19. The number of hydroxylamine groups is 1. The van der Waals surface area contributed by atoms with E-state index in [0.717, 1.165) is 0 Å². The van der Waals surface area contributed by atoms with E-state index < -0.39 is 11.7 Å². The van der Waals surface area contributed by atoms with Crippen molar-refractivity contribution in [3.05, 3.63) is 46.4 Å². The van der Waals surface area contributed by atoms with Gasteiger partial charge in [0, 0.05) is 30.9 Å². The monoisotopic (exact) mass is 297 g/mol. The normalized spacial score (nSPS) is 10.8. The Balaban J connectivity index is 2.61. The van der Waals surface area contributed by atoms with Gasteiger partial charge in [0.25, 0.3) is 5.91 Å². The molecule has 0 radical (unpaired) electrons. The highest BCUT2D eigenvalue weighted by Gasteiger charge is 2.11. The summed E-state index contributed by atoms with van der Waals surface area (Å²) in [6.07, 6.45) is 1.34. The van der Waals surface area contributed by atoms with Gasteiger partial charge < -0.3 is 4.90 Å². The van der Waals surface area contributed by atoms with E-state index in [4.69, 9.17) is 21.7 Å². The number of carbonyl (C=O) groups is 1. The van der Waals surface area contributed by atoms with Crippen LogP contribution in [-0.2, 0) is 16.2 Å². The zero-order valence-electron chi connectivity index (χ0n) is 11.0. The number of benzene rings is 1. The van der Waals surface area contributed by atoms with Crippen LogP contribution < -0.4 is 5.48 Å². The lowest BCUT2D eigenvalue weighted by Crippen LogP contribution is -2.26. The van der Waals surface area contributed by atoms with E-state index in [0.29, 0.717) is 0 Å². The first kappa shape index (κ1) is 16.0. The molecule has 7 heteroatoms. The number of nitriles is 1. The molecule has 0 aliphatic rings. The fourth-order valence-corrected chi connectivity index (χ4v) is 1.51. The third kappa shape index (κ3) is 4.53. The molecule has 0 saturated carbocycles. The molecule has 1 amide bonds. The van der Waals surface area contributed by atoms with Crippen molar-refractivity contribution in [2.24, 2.45) is 0 Å². The van der Waals surface area contributed by atoms with Gasteiger partial charge in [0.05, 0.1) is 0 Å². The van der Waals surface area contributed by atoms with Gasteiger partial charge in [-0.1, -0.05) is 17.7 Å². The summed E-state index contributed by atoms with van der Waals surface area (Å²) in [5, 5.41) is 9.01. The van der Waals surface area contributed by atoms with Crippen LogP contribution in [0.1, 0.15) is 5.56 Å². The van der Waals surface area contributed by atoms with Crippen molar-refractivity contribution in [3.63, 3.8) is 0 Å². The summed E-state index contributed by atoms with van der Waals surface area (Å²) in [6, 6.07) is 5.94. The zero-order valence-corrected chi connectivity index (χ0v) is 11.7. The maximum absolute atomic E-state index is 13.4. The van der Waals surface area contributed by atoms with E-state index in [1.54, 1.807) is 25.1 Å². The number of nitrogens with one attached hydrogen (secondary N) is 1. The topological polar surface area (TPSA) is 65.4 Å². The molecule has 0 bridgehead atoms. The number of nitrogens with zero attached hydrogens (tertiary/aromatic N) is 2. The van der Waals surface area contributed by atoms with Crippen molar-refractivity contribution >= 4 is 17.5 Å². The molecule has 0 aromatic heterocycles. The van der Waals surface area contributed by atoms with Gasteiger partial charge in [0.15, 0.2) is 0 Å². The molecule has 0 atom stereocenters. The summed E-state index contributed by atoms with van der Waals surface area (Å²) in [4.78, 5) is 18.0. The molecule has 1 aromatic carbocycles. The average Bonchev–Trinajstić information content (AvgIpc) is 2.39. The van der Waals surface area contributed by atoms with Gasteiger partial charge in [-0.15, -0.1) is 0 Å². The Kier molecular flexibility index (Phi) is 5.97. The first-order valence-electron chi connectivity index (χ1n) is 5.59. The molecule has 0 heterocycles.